The monoisotopic (exact) mass is 225 g/mol. The zero-order valence-electron chi connectivity index (χ0n) is 10.5. The van der Waals surface area contributed by atoms with Crippen LogP contribution in [0.4, 0.5) is 0 Å². The van der Waals surface area contributed by atoms with E-state index in [0.29, 0.717) is 6.04 Å². The van der Waals surface area contributed by atoms with Crippen molar-refractivity contribution in [3.05, 3.63) is 0 Å². The maximum atomic E-state index is 10.6. The third-order valence-corrected chi connectivity index (χ3v) is 4.26. The van der Waals surface area contributed by atoms with E-state index in [0.717, 1.165) is 12.8 Å². The Morgan fingerprint density at radius 1 is 0.750 bits per heavy atom. The lowest BCUT2D eigenvalue weighted by atomic mass is 10.0. The van der Waals surface area contributed by atoms with Crippen molar-refractivity contribution in [3.63, 3.8) is 0 Å². The minimum atomic E-state index is -0.536. The zero-order chi connectivity index (χ0) is 11.3. The topological polar surface area (TPSA) is 32.3 Å². The van der Waals surface area contributed by atoms with E-state index < -0.39 is 5.72 Å². The van der Waals surface area contributed by atoms with Crippen molar-refractivity contribution in [2.45, 2.75) is 88.8 Å². The smallest absolute Gasteiger partial charge is 0.116 e. The molecule has 94 valence electrons. The molecule has 0 radical (unpaired) electrons. The van der Waals surface area contributed by atoms with Crippen LogP contribution in [0.2, 0.25) is 0 Å². The molecule has 0 heterocycles. The Labute approximate surface area is 99.8 Å². The lowest BCUT2D eigenvalue weighted by Gasteiger charge is -2.32. The van der Waals surface area contributed by atoms with E-state index in [9.17, 15) is 5.11 Å². The second-order valence-corrected chi connectivity index (χ2v) is 5.78. The van der Waals surface area contributed by atoms with Crippen molar-refractivity contribution in [2.24, 2.45) is 0 Å². The third-order valence-electron chi connectivity index (χ3n) is 4.26. The Balaban J connectivity index is 1.84. The highest BCUT2D eigenvalue weighted by atomic mass is 16.3. The standard InChI is InChI=1S/C14H27NO/c16-14(11-7-3-4-8-12-14)15-13-9-5-1-2-6-10-13/h13,15-16H,1-12H2. The third kappa shape index (κ3) is 3.74. The quantitative estimate of drug-likeness (QED) is 0.558. The molecule has 0 amide bonds. The van der Waals surface area contributed by atoms with Gasteiger partial charge in [0.2, 0.25) is 0 Å². The number of rotatable bonds is 2. The fourth-order valence-corrected chi connectivity index (χ4v) is 3.26. The minimum Gasteiger partial charge on any atom is -0.376 e. The van der Waals surface area contributed by atoms with Crippen LogP contribution >= 0.6 is 0 Å². The molecule has 16 heavy (non-hydrogen) atoms. The molecular formula is C14H27NO. The Bertz CT molecular complexity index is 189. The van der Waals surface area contributed by atoms with Crippen molar-refractivity contribution >= 4 is 0 Å². The molecule has 2 fully saturated rings. The van der Waals surface area contributed by atoms with Gasteiger partial charge in [0.1, 0.15) is 5.72 Å². The summed E-state index contributed by atoms with van der Waals surface area (Å²) >= 11 is 0. The van der Waals surface area contributed by atoms with Gasteiger partial charge in [0.25, 0.3) is 0 Å². The summed E-state index contributed by atoms with van der Waals surface area (Å²) in [6.45, 7) is 0. The largest absolute Gasteiger partial charge is 0.376 e. The molecule has 2 saturated carbocycles. The fourth-order valence-electron chi connectivity index (χ4n) is 3.26. The van der Waals surface area contributed by atoms with Crippen LogP contribution < -0.4 is 5.32 Å². The van der Waals surface area contributed by atoms with Crippen molar-refractivity contribution in [1.29, 1.82) is 0 Å². The lowest BCUT2D eigenvalue weighted by Crippen LogP contribution is -2.50. The maximum Gasteiger partial charge on any atom is 0.116 e. The summed E-state index contributed by atoms with van der Waals surface area (Å²) in [6, 6.07) is 0.575. The molecule has 0 unspecified atom stereocenters. The molecule has 0 aromatic carbocycles. The molecule has 2 aliphatic carbocycles. The normalized spacial score (nSPS) is 28.3. The van der Waals surface area contributed by atoms with Crippen LogP contribution in [0.3, 0.4) is 0 Å². The van der Waals surface area contributed by atoms with Crippen molar-refractivity contribution in [3.8, 4) is 0 Å². The van der Waals surface area contributed by atoms with E-state index >= 15 is 0 Å². The molecule has 0 spiro atoms. The first-order valence-corrected chi connectivity index (χ1v) is 7.29. The SMILES string of the molecule is OC1(NC2CCCCCC2)CCCCCC1. The summed E-state index contributed by atoms with van der Waals surface area (Å²) < 4.78 is 0. The molecule has 0 atom stereocenters. The molecule has 2 N–H and O–H groups in total. The van der Waals surface area contributed by atoms with E-state index in [1.54, 1.807) is 0 Å². The van der Waals surface area contributed by atoms with Crippen LogP contribution in [0.1, 0.15) is 77.0 Å². The summed E-state index contributed by atoms with van der Waals surface area (Å²) in [6.07, 6.45) is 14.9. The van der Waals surface area contributed by atoms with Crippen molar-refractivity contribution in [2.75, 3.05) is 0 Å². The second-order valence-electron chi connectivity index (χ2n) is 5.78. The summed E-state index contributed by atoms with van der Waals surface area (Å²) in [5.74, 6) is 0. The Morgan fingerprint density at radius 3 is 1.81 bits per heavy atom. The van der Waals surface area contributed by atoms with E-state index in [1.165, 1.54) is 64.2 Å². The maximum absolute atomic E-state index is 10.6. The zero-order valence-corrected chi connectivity index (χ0v) is 10.5. The molecule has 0 bridgehead atoms. The molecule has 0 aromatic rings. The van der Waals surface area contributed by atoms with Crippen LogP contribution in [0, 0.1) is 0 Å². The van der Waals surface area contributed by atoms with Gasteiger partial charge in [-0.3, -0.25) is 5.32 Å². The molecular weight excluding hydrogens is 198 g/mol. The van der Waals surface area contributed by atoms with Gasteiger partial charge in [0, 0.05) is 6.04 Å². The van der Waals surface area contributed by atoms with Gasteiger partial charge < -0.3 is 5.11 Å². The Morgan fingerprint density at radius 2 is 1.25 bits per heavy atom. The highest BCUT2D eigenvalue weighted by Gasteiger charge is 2.30. The highest BCUT2D eigenvalue weighted by molar-refractivity contribution is 4.83. The fraction of sp³-hybridized carbons (Fsp3) is 1.00. The lowest BCUT2D eigenvalue weighted by molar-refractivity contribution is -0.0213. The van der Waals surface area contributed by atoms with Gasteiger partial charge in [0.15, 0.2) is 0 Å². The van der Waals surface area contributed by atoms with Gasteiger partial charge >= 0.3 is 0 Å². The molecule has 0 aliphatic heterocycles. The molecule has 2 nitrogen and oxygen atoms in total. The summed E-state index contributed by atoms with van der Waals surface area (Å²) in [7, 11) is 0. The van der Waals surface area contributed by atoms with Crippen LogP contribution in [-0.2, 0) is 0 Å². The van der Waals surface area contributed by atoms with Gasteiger partial charge in [0.05, 0.1) is 0 Å². The molecule has 0 saturated heterocycles. The summed E-state index contributed by atoms with van der Waals surface area (Å²) in [5.41, 5.74) is -0.536. The average Bonchev–Trinajstić information content (AvgIpc) is 2.61. The summed E-state index contributed by atoms with van der Waals surface area (Å²) in [5, 5.41) is 14.2. The number of aliphatic hydroxyl groups is 1. The molecule has 2 aliphatic rings. The van der Waals surface area contributed by atoms with Gasteiger partial charge in [-0.25, -0.2) is 0 Å². The van der Waals surface area contributed by atoms with Gasteiger partial charge in [-0.2, -0.15) is 0 Å². The van der Waals surface area contributed by atoms with E-state index in [-0.39, 0.29) is 0 Å². The van der Waals surface area contributed by atoms with E-state index in [2.05, 4.69) is 5.32 Å². The number of hydrogen-bond acceptors (Lipinski definition) is 2. The first kappa shape index (κ1) is 12.4. The van der Waals surface area contributed by atoms with Gasteiger partial charge in [-0.1, -0.05) is 38.5 Å². The minimum absolute atomic E-state index is 0.536. The average molecular weight is 225 g/mol. The van der Waals surface area contributed by atoms with Gasteiger partial charge in [-0.15, -0.1) is 0 Å². The van der Waals surface area contributed by atoms with E-state index in [4.69, 9.17) is 0 Å². The molecule has 2 heteroatoms. The number of nitrogens with one attached hydrogen (secondary N) is 1. The highest BCUT2D eigenvalue weighted by Crippen LogP contribution is 2.27. The molecule has 0 aromatic heterocycles. The Kier molecular flexibility index (Phi) is 4.66. The second kappa shape index (κ2) is 6.02. The van der Waals surface area contributed by atoms with Crippen LogP contribution in [0.5, 0.6) is 0 Å². The van der Waals surface area contributed by atoms with E-state index in [1.807, 2.05) is 0 Å². The predicted molar refractivity (Wildman–Crippen MR) is 67.3 cm³/mol. The van der Waals surface area contributed by atoms with Gasteiger partial charge in [-0.05, 0) is 38.5 Å². The predicted octanol–water partition coefficient (Wildman–Crippen LogP) is 3.34. The van der Waals surface area contributed by atoms with Crippen LogP contribution in [0.25, 0.3) is 0 Å². The first-order valence-electron chi connectivity index (χ1n) is 7.29. The van der Waals surface area contributed by atoms with Crippen LogP contribution in [-0.4, -0.2) is 16.9 Å². The van der Waals surface area contributed by atoms with Crippen molar-refractivity contribution in [1.82, 2.24) is 5.32 Å². The first-order chi connectivity index (χ1) is 7.79. The molecule has 2 rings (SSSR count). The summed E-state index contributed by atoms with van der Waals surface area (Å²) in [4.78, 5) is 0. The van der Waals surface area contributed by atoms with Crippen molar-refractivity contribution < 1.29 is 5.11 Å². The van der Waals surface area contributed by atoms with Crippen LogP contribution in [0.15, 0.2) is 0 Å². The Hall–Kier alpha value is -0.0800. The number of hydrogen-bond donors (Lipinski definition) is 2.